The average molecular weight is 272 g/mol. The zero-order valence-electron chi connectivity index (χ0n) is 9.20. The van der Waals surface area contributed by atoms with E-state index in [-0.39, 0.29) is 0 Å². The van der Waals surface area contributed by atoms with E-state index < -0.39 is 49.9 Å². The lowest BCUT2D eigenvalue weighted by molar-refractivity contribution is -0.141. The molecule has 0 saturated heterocycles. The molecule has 0 atom stereocenters. The van der Waals surface area contributed by atoms with Crippen molar-refractivity contribution in [1.82, 2.24) is 0 Å². The van der Waals surface area contributed by atoms with E-state index in [0.29, 0.717) is 0 Å². The minimum absolute atomic E-state index is 0.518. The van der Waals surface area contributed by atoms with Gasteiger partial charge in [-0.2, -0.15) is 36.9 Å². The normalized spacial score (nSPS) is 12.9. The first-order valence-electron chi connectivity index (χ1n) is 5.00. The monoisotopic (exact) mass is 272 g/mol. The van der Waals surface area contributed by atoms with Crippen LogP contribution < -0.4 is 0 Å². The molecule has 102 valence electrons. The van der Waals surface area contributed by atoms with Crippen molar-refractivity contribution in [1.29, 1.82) is 10.5 Å². The quantitative estimate of drug-likeness (QED) is 0.707. The molecule has 0 aromatic rings. The lowest BCUT2D eigenvalue weighted by atomic mass is 9.81. The molecule has 0 unspecified atom stereocenters. The minimum Gasteiger partial charge on any atom is -0.197 e. The molecule has 0 aliphatic rings. The smallest absolute Gasteiger partial charge is 0.197 e. The second-order valence-electron chi connectivity index (χ2n) is 3.89. The fourth-order valence-electron chi connectivity index (χ4n) is 1.32. The van der Waals surface area contributed by atoms with Gasteiger partial charge in [0.15, 0.2) is 0 Å². The molecule has 0 aromatic heterocycles. The van der Waals surface area contributed by atoms with Crippen molar-refractivity contribution in [3.63, 3.8) is 0 Å². The summed E-state index contributed by atoms with van der Waals surface area (Å²) in [5.74, 6) is 0. The Hall–Kier alpha value is -1.44. The first kappa shape index (κ1) is 16.6. The van der Waals surface area contributed by atoms with Crippen LogP contribution in [-0.4, -0.2) is 12.4 Å². The fraction of sp³-hybridized carbons (Fsp3) is 0.800. The van der Waals surface area contributed by atoms with Gasteiger partial charge in [0, 0.05) is 12.8 Å². The number of halogens is 6. The SMILES string of the molecule is N#CC(C#N)(CCCC(F)(F)F)CCC(F)(F)F. The third kappa shape index (κ3) is 7.00. The summed E-state index contributed by atoms with van der Waals surface area (Å²) in [5.41, 5.74) is -2.00. The van der Waals surface area contributed by atoms with Gasteiger partial charge in [0.2, 0.25) is 0 Å². The maximum absolute atomic E-state index is 12.0. The van der Waals surface area contributed by atoms with E-state index in [1.165, 1.54) is 12.1 Å². The van der Waals surface area contributed by atoms with E-state index in [1.807, 2.05) is 0 Å². The van der Waals surface area contributed by atoms with Gasteiger partial charge in [-0.3, -0.25) is 0 Å². The van der Waals surface area contributed by atoms with Gasteiger partial charge in [0.1, 0.15) is 5.41 Å². The average Bonchev–Trinajstić information content (AvgIpc) is 2.20. The third-order valence-electron chi connectivity index (χ3n) is 2.33. The summed E-state index contributed by atoms with van der Waals surface area (Å²) in [5, 5.41) is 17.4. The van der Waals surface area contributed by atoms with E-state index in [1.54, 1.807) is 0 Å². The standard InChI is InChI=1S/C10H10F6N2/c11-9(12,13)3-1-2-8(6-17,7-18)4-5-10(14,15)16/h1-5H2. The number of hydrogen-bond acceptors (Lipinski definition) is 2. The van der Waals surface area contributed by atoms with E-state index in [0.717, 1.165) is 0 Å². The molecule has 2 nitrogen and oxygen atoms in total. The second kappa shape index (κ2) is 5.94. The van der Waals surface area contributed by atoms with Crippen LogP contribution in [0.2, 0.25) is 0 Å². The molecule has 0 aliphatic heterocycles. The first-order valence-corrected chi connectivity index (χ1v) is 5.00. The molecule has 0 heterocycles. The van der Waals surface area contributed by atoms with Gasteiger partial charge >= 0.3 is 12.4 Å². The van der Waals surface area contributed by atoms with E-state index in [2.05, 4.69) is 0 Å². The van der Waals surface area contributed by atoms with Crippen LogP contribution in [-0.2, 0) is 0 Å². The molecule has 0 aliphatic carbocycles. The molecule has 0 rings (SSSR count). The summed E-state index contributed by atoms with van der Waals surface area (Å²) < 4.78 is 71.5. The van der Waals surface area contributed by atoms with Crippen LogP contribution in [0.1, 0.15) is 32.1 Å². The van der Waals surface area contributed by atoms with Crippen LogP contribution in [0.4, 0.5) is 26.3 Å². The molecule has 0 amide bonds. The topological polar surface area (TPSA) is 47.6 Å². The molecular weight excluding hydrogens is 262 g/mol. The van der Waals surface area contributed by atoms with Crippen LogP contribution in [0.25, 0.3) is 0 Å². The van der Waals surface area contributed by atoms with Crippen LogP contribution in [0.5, 0.6) is 0 Å². The van der Waals surface area contributed by atoms with Crippen molar-refractivity contribution >= 4 is 0 Å². The van der Waals surface area contributed by atoms with Gasteiger partial charge in [-0.25, -0.2) is 0 Å². The highest BCUT2D eigenvalue weighted by Gasteiger charge is 2.37. The Labute approximate surface area is 99.8 Å². The van der Waals surface area contributed by atoms with Gasteiger partial charge in [-0.1, -0.05) is 0 Å². The summed E-state index contributed by atoms with van der Waals surface area (Å²) in [6.45, 7) is 0. The van der Waals surface area contributed by atoms with Gasteiger partial charge < -0.3 is 0 Å². The van der Waals surface area contributed by atoms with Crippen LogP contribution >= 0.6 is 0 Å². The maximum Gasteiger partial charge on any atom is 0.389 e. The molecule has 0 N–H and O–H groups in total. The van der Waals surface area contributed by atoms with E-state index in [4.69, 9.17) is 10.5 Å². The highest BCUT2D eigenvalue weighted by atomic mass is 19.4. The van der Waals surface area contributed by atoms with Crippen molar-refractivity contribution in [2.45, 2.75) is 44.5 Å². The van der Waals surface area contributed by atoms with Crippen LogP contribution in [0.15, 0.2) is 0 Å². The fourth-order valence-corrected chi connectivity index (χ4v) is 1.32. The molecule has 8 heteroatoms. The number of rotatable bonds is 5. The molecule has 0 bridgehead atoms. The second-order valence-corrected chi connectivity index (χ2v) is 3.89. The molecule has 0 radical (unpaired) electrons. The van der Waals surface area contributed by atoms with Gasteiger partial charge in [-0.15, -0.1) is 0 Å². The van der Waals surface area contributed by atoms with E-state index in [9.17, 15) is 26.3 Å². The van der Waals surface area contributed by atoms with Crippen molar-refractivity contribution in [3.05, 3.63) is 0 Å². The van der Waals surface area contributed by atoms with E-state index >= 15 is 0 Å². The van der Waals surface area contributed by atoms with Crippen molar-refractivity contribution in [3.8, 4) is 12.1 Å². The number of nitrogens with zero attached hydrogens (tertiary/aromatic N) is 2. The molecular formula is C10H10F6N2. The largest absolute Gasteiger partial charge is 0.389 e. The number of alkyl halides is 6. The van der Waals surface area contributed by atoms with Gasteiger partial charge in [0.25, 0.3) is 0 Å². The maximum atomic E-state index is 12.0. The molecule has 0 fully saturated rings. The van der Waals surface area contributed by atoms with Crippen LogP contribution in [0, 0.1) is 28.1 Å². The minimum atomic E-state index is -4.54. The lowest BCUT2D eigenvalue weighted by Gasteiger charge is -2.19. The number of hydrogen-bond donors (Lipinski definition) is 0. The summed E-state index contributed by atoms with van der Waals surface area (Å²) >= 11 is 0. The van der Waals surface area contributed by atoms with Crippen molar-refractivity contribution in [2.24, 2.45) is 5.41 Å². The molecule has 0 spiro atoms. The number of nitriles is 2. The molecule has 0 saturated carbocycles. The van der Waals surface area contributed by atoms with Gasteiger partial charge in [-0.05, 0) is 19.3 Å². The molecule has 18 heavy (non-hydrogen) atoms. The Morgan fingerprint density at radius 3 is 1.44 bits per heavy atom. The highest BCUT2D eigenvalue weighted by molar-refractivity contribution is 5.13. The Morgan fingerprint density at radius 2 is 1.11 bits per heavy atom. The molecule has 0 aromatic carbocycles. The zero-order valence-corrected chi connectivity index (χ0v) is 9.20. The summed E-state index contributed by atoms with van der Waals surface area (Å²) in [6.07, 6.45) is -13.4. The lowest BCUT2D eigenvalue weighted by Crippen LogP contribution is -2.21. The summed E-state index contributed by atoms with van der Waals surface area (Å²) in [7, 11) is 0. The Morgan fingerprint density at radius 1 is 0.667 bits per heavy atom. The Kier molecular flexibility index (Phi) is 5.47. The predicted molar refractivity (Wildman–Crippen MR) is 48.9 cm³/mol. The van der Waals surface area contributed by atoms with Crippen LogP contribution in [0.3, 0.4) is 0 Å². The van der Waals surface area contributed by atoms with Gasteiger partial charge in [0.05, 0.1) is 12.1 Å². The zero-order chi connectivity index (χ0) is 14.4. The third-order valence-corrected chi connectivity index (χ3v) is 2.33. The Bertz CT molecular complexity index is 329. The summed E-state index contributed by atoms with van der Waals surface area (Å²) in [4.78, 5) is 0. The van der Waals surface area contributed by atoms with Crippen molar-refractivity contribution in [2.75, 3.05) is 0 Å². The Balaban J connectivity index is 4.47. The summed E-state index contributed by atoms with van der Waals surface area (Å²) in [6, 6.07) is 2.79. The van der Waals surface area contributed by atoms with Crippen molar-refractivity contribution < 1.29 is 26.3 Å². The predicted octanol–water partition coefficient (Wildman–Crippen LogP) is 4.10. The first-order chi connectivity index (χ1) is 8.04. The highest BCUT2D eigenvalue weighted by Crippen LogP contribution is 2.35.